The van der Waals surface area contributed by atoms with Gasteiger partial charge >= 0.3 is 5.97 Å². The van der Waals surface area contributed by atoms with Gasteiger partial charge in [-0.3, -0.25) is 0 Å². The van der Waals surface area contributed by atoms with Gasteiger partial charge in [0.1, 0.15) is 5.69 Å². The van der Waals surface area contributed by atoms with E-state index in [-0.39, 0.29) is 5.69 Å². The molecule has 2 rings (SSSR count). The second-order valence-electron chi connectivity index (χ2n) is 3.19. The molecule has 1 N–H and O–H groups in total. The Morgan fingerprint density at radius 1 is 1.40 bits per heavy atom. The largest absolute Gasteiger partial charge is 0.477 e. The molecule has 1 aromatic carbocycles. The van der Waals surface area contributed by atoms with Crippen molar-refractivity contribution < 1.29 is 9.90 Å². The zero-order valence-electron chi connectivity index (χ0n) is 7.79. The Bertz CT molecular complexity index is 560. The van der Waals surface area contributed by atoms with Crippen molar-refractivity contribution in [3.05, 3.63) is 33.9 Å². The molecule has 0 bridgehead atoms. The van der Waals surface area contributed by atoms with Crippen LogP contribution < -0.4 is 0 Å². The number of halogens is 2. The van der Waals surface area contributed by atoms with Crippen molar-refractivity contribution in [2.24, 2.45) is 7.05 Å². The molecular formula is C10H7Cl2NO2. The molecule has 0 aliphatic carbocycles. The maximum absolute atomic E-state index is 10.9. The van der Waals surface area contributed by atoms with Crippen molar-refractivity contribution in [2.45, 2.75) is 0 Å². The molecule has 15 heavy (non-hydrogen) atoms. The maximum atomic E-state index is 10.9. The molecule has 1 heterocycles. The Morgan fingerprint density at radius 3 is 2.67 bits per heavy atom. The number of carbonyl (C=O) groups is 1. The summed E-state index contributed by atoms with van der Waals surface area (Å²) in [5, 5.41) is 10.4. The van der Waals surface area contributed by atoms with E-state index in [1.807, 2.05) is 0 Å². The number of aromatic carboxylic acids is 1. The van der Waals surface area contributed by atoms with Gasteiger partial charge in [-0.1, -0.05) is 23.2 Å². The van der Waals surface area contributed by atoms with Crippen molar-refractivity contribution in [1.82, 2.24) is 4.57 Å². The minimum Gasteiger partial charge on any atom is -0.477 e. The number of aryl methyl sites for hydroxylation is 1. The van der Waals surface area contributed by atoms with Crippen LogP contribution in [-0.4, -0.2) is 15.6 Å². The number of benzene rings is 1. The van der Waals surface area contributed by atoms with E-state index in [2.05, 4.69) is 0 Å². The van der Waals surface area contributed by atoms with E-state index < -0.39 is 5.97 Å². The minimum absolute atomic E-state index is 0.189. The van der Waals surface area contributed by atoms with E-state index in [4.69, 9.17) is 28.3 Å². The molecule has 0 unspecified atom stereocenters. The molecule has 1 aromatic heterocycles. The summed E-state index contributed by atoms with van der Waals surface area (Å²) in [5.74, 6) is -0.985. The number of hydrogen-bond acceptors (Lipinski definition) is 1. The number of fused-ring (bicyclic) bond motifs is 1. The highest BCUT2D eigenvalue weighted by Gasteiger charge is 2.14. The van der Waals surface area contributed by atoms with Crippen molar-refractivity contribution in [3.8, 4) is 0 Å². The molecule has 0 aliphatic heterocycles. The van der Waals surface area contributed by atoms with Crippen LogP contribution in [0.25, 0.3) is 10.9 Å². The van der Waals surface area contributed by atoms with Crippen LogP contribution >= 0.6 is 23.2 Å². The summed E-state index contributed by atoms with van der Waals surface area (Å²) < 4.78 is 1.57. The van der Waals surface area contributed by atoms with Crippen LogP contribution in [0.15, 0.2) is 18.2 Å². The first kappa shape index (κ1) is 10.3. The van der Waals surface area contributed by atoms with E-state index >= 15 is 0 Å². The van der Waals surface area contributed by atoms with Crippen molar-refractivity contribution in [3.63, 3.8) is 0 Å². The zero-order valence-corrected chi connectivity index (χ0v) is 9.30. The van der Waals surface area contributed by atoms with Crippen molar-refractivity contribution in [1.29, 1.82) is 0 Å². The van der Waals surface area contributed by atoms with Crippen LogP contribution in [0.2, 0.25) is 10.0 Å². The highest BCUT2D eigenvalue weighted by Crippen LogP contribution is 2.32. The number of carboxylic acid groups (broad SMARTS) is 1. The van der Waals surface area contributed by atoms with Crippen LogP contribution in [-0.2, 0) is 7.05 Å². The van der Waals surface area contributed by atoms with Gasteiger partial charge in [-0.05, 0) is 18.2 Å². The maximum Gasteiger partial charge on any atom is 0.352 e. The summed E-state index contributed by atoms with van der Waals surface area (Å²) >= 11 is 11.8. The second-order valence-corrected chi connectivity index (χ2v) is 3.97. The first-order valence-electron chi connectivity index (χ1n) is 4.19. The zero-order chi connectivity index (χ0) is 11.2. The molecule has 0 amide bonds. The fourth-order valence-electron chi connectivity index (χ4n) is 1.55. The van der Waals surface area contributed by atoms with Crippen LogP contribution in [0, 0.1) is 0 Å². The number of nitrogens with zero attached hydrogens (tertiary/aromatic N) is 1. The summed E-state index contributed by atoms with van der Waals surface area (Å²) in [6.45, 7) is 0. The van der Waals surface area contributed by atoms with E-state index in [9.17, 15) is 4.79 Å². The van der Waals surface area contributed by atoms with Crippen LogP contribution in [0.5, 0.6) is 0 Å². The molecule has 0 saturated carbocycles. The van der Waals surface area contributed by atoms with Crippen LogP contribution in [0.1, 0.15) is 10.5 Å². The SMILES string of the molecule is Cn1c(C(=O)O)cc2c(Cl)c(Cl)ccc21. The van der Waals surface area contributed by atoms with Gasteiger partial charge in [0, 0.05) is 12.4 Å². The molecule has 2 aromatic rings. The lowest BCUT2D eigenvalue weighted by molar-refractivity contribution is 0.0687. The van der Waals surface area contributed by atoms with Crippen LogP contribution in [0.4, 0.5) is 0 Å². The fraction of sp³-hybridized carbons (Fsp3) is 0.100. The van der Waals surface area contributed by atoms with Gasteiger partial charge < -0.3 is 9.67 Å². The molecular weight excluding hydrogens is 237 g/mol. The van der Waals surface area contributed by atoms with Crippen molar-refractivity contribution in [2.75, 3.05) is 0 Å². The Labute approximate surface area is 95.8 Å². The molecule has 0 aliphatic rings. The molecule has 0 fully saturated rings. The molecule has 5 heteroatoms. The van der Waals surface area contributed by atoms with Gasteiger partial charge in [0.15, 0.2) is 0 Å². The molecule has 0 spiro atoms. The van der Waals surface area contributed by atoms with Gasteiger partial charge in [-0.15, -0.1) is 0 Å². The predicted molar refractivity (Wildman–Crippen MR) is 59.9 cm³/mol. The molecule has 0 saturated heterocycles. The van der Waals surface area contributed by atoms with E-state index in [0.29, 0.717) is 15.4 Å². The van der Waals surface area contributed by atoms with Crippen molar-refractivity contribution >= 4 is 40.1 Å². The summed E-state index contributed by atoms with van der Waals surface area (Å²) in [6.07, 6.45) is 0. The third-order valence-electron chi connectivity index (χ3n) is 2.33. The van der Waals surface area contributed by atoms with Gasteiger partial charge in [-0.2, -0.15) is 0 Å². The van der Waals surface area contributed by atoms with Gasteiger partial charge in [0.05, 0.1) is 15.6 Å². The monoisotopic (exact) mass is 243 g/mol. The first-order valence-corrected chi connectivity index (χ1v) is 4.94. The Kier molecular flexibility index (Phi) is 2.37. The van der Waals surface area contributed by atoms with E-state index in [1.165, 1.54) is 6.07 Å². The average Bonchev–Trinajstić information content (AvgIpc) is 2.51. The average molecular weight is 244 g/mol. The van der Waals surface area contributed by atoms with Gasteiger partial charge in [0.2, 0.25) is 0 Å². The Balaban J connectivity index is 2.88. The number of hydrogen-bond donors (Lipinski definition) is 1. The number of carboxylic acids is 1. The number of aromatic nitrogens is 1. The summed E-state index contributed by atoms with van der Waals surface area (Å²) in [5.41, 5.74) is 0.941. The topological polar surface area (TPSA) is 42.2 Å². The Morgan fingerprint density at radius 2 is 2.07 bits per heavy atom. The second kappa shape index (κ2) is 3.43. The molecule has 78 valence electrons. The lowest BCUT2D eigenvalue weighted by atomic mass is 10.2. The molecule has 0 radical (unpaired) electrons. The number of rotatable bonds is 1. The lowest BCUT2D eigenvalue weighted by Gasteiger charge is -2.00. The summed E-state index contributed by atoms with van der Waals surface area (Å²) in [7, 11) is 1.68. The lowest BCUT2D eigenvalue weighted by Crippen LogP contribution is -2.03. The van der Waals surface area contributed by atoms with Crippen LogP contribution in [0.3, 0.4) is 0 Å². The third kappa shape index (κ3) is 1.48. The predicted octanol–water partition coefficient (Wildman–Crippen LogP) is 3.18. The third-order valence-corrected chi connectivity index (χ3v) is 3.15. The highest BCUT2D eigenvalue weighted by atomic mass is 35.5. The normalized spacial score (nSPS) is 10.9. The fourth-order valence-corrected chi connectivity index (χ4v) is 1.93. The van der Waals surface area contributed by atoms with E-state index in [0.717, 1.165) is 5.52 Å². The standard InChI is InChI=1S/C10H7Cl2NO2/c1-13-7-3-2-6(11)9(12)5(7)4-8(13)10(14)15/h2-4H,1H3,(H,14,15). The van der Waals surface area contributed by atoms with Gasteiger partial charge in [0.25, 0.3) is 0 Å². The summed E-state index contributed by atoms with van der Waals surface area (Å²) in [6, 6.07) is 4.92. The summed E-state index contributed by atoms with van der Waals surface area (Å²) in [4.78, 5) is 10.9. The first-order chi connectivity index (χ1) is 7.02. The molecule has 0 atom stereocenters. The Hall–Kier alpha value is -1.19. The minimum atomic E-state index is -0.985. The highest BCUT2D eigenvalue weighted by molar-refractivity contribution is 6.45. The van der Waals surface area contributed by atoms with Gasteiger partial charge in [-0.25, -0.2) is 4.79 Å². The quantitative estimate of drug-likeness (QED) is 0.836. The molecule has 3 nitrogen and oxygen atoms in total. The smallest absolute Gasteiger partial charge is 0.352 e. The van der Waals surface area contributed by atoms with E-state index in [1.54, 1.807) is 23.7 Å².